The second-order valence-electron chi connectivity index (χ2n) is 6.42. The van der Waals surface area contributed by atoms with Crippen molar-refractivity contribution in [2.24, 2.45) is 17.8 Å². The van der Waals surface area contributed by atoms with Gasteiger partial charge in [0.2, 0.25) is 0 Å². The third kappa shape index (κ3) is 5.18. The SMILES string of the molecule is C/C=C/C1CCC(C=CC2CCC(SC#N)C(F)C2)CC1. The smallest absolute Gasteiger partial charge is 0.133 e. The van der Waals surface area contributed by atoms with Gasteiger partial charge in [0.15, 0.2) is 0 Å². The maximum absolute atomic E-state index is 14.0. The Kier molecular flexibility index (Phi) is 6.83. The molecular weight excluding hydrogens is 281 g/mol. The van der Waals surface area contributed by atoms with E-state index in [0.29, 0.717) is 18.3 Å². The number of hydrogen-bond acceptors (Lipinski definition) is 2. The maximum Gasteiger partial charge on any atom is 0.133 e. The lowest BCUT2D eigenvalue weighted by molar-refractivity contribution is 0.229. The van der Waals surface area contributed by atoms with Crippen LogP contribution in [0.1, 0.15) is 51.9 Å². The van der Waals surface area contributed by atoms with Gasteiger partial charge in [-0.05, 0) is 81.4 Å². The van der Waals surface area contributed by atoms with Crippen LogP contribution in [0, 0.1) is 28.4 Å². The molecule has 0 saturated heterocycles. The Balaban J connectivity index is 1.74. The number of nitrogens with zero attached hydrogens (tertiary/aromatic N) is 1. The molecule has 0 amide bonds. The van der Waals surface area contributed by atoms with Crippen LogP contribution in [0.5, 0.6) is 0 Å². The molecule has 21 heavy (non-hydrogen) atoms. The molecule has 3 atom stereocenters. The van der Waals surface area contributed by atoms with Crippen LogP contribution < -0.4 is 0 Å². The number of rotatable bonds is 4. The van der Waals surface area contributed by atoms with Gasteiger partial charge in [-0.25, -0.2) is 4.39 Å². The van der Waals surface area contributed by atoms with E-state index in [1.165, 1.54) is 25.7 Å². The number of hydrogen-bond donors (Lipinski definition) is 0. The zero-order valence-electron chi connectivity index (χ0n) is 12.9. The normalized spacial score (nSPS) is 37.9. The van der Waals surface area contributed by atoms with Crippen molar-refractivity contribution in [2.45, 2.75) is 63.3 Å². The molecule has 2 fully saturated rings. The van der Waals surface area contributed by atoms with Crippen LogP contribution in [-0.4, -0.2) is 11.4 Å². The van der Waals surface area contributed by atoms with Gasteiger partial charge < -0.3 is 0 Å². The summed E-state index contributed by atoms with van der Waals surface area (Å²) in [6.45, 7) is 2.10. The molecule has 0 spiro atoms. The van der Waals surface area contributed by atoms with Crippen molar-refractivity contribution in [3.05, 3.63) is 24.3 Å². The molecule has 1 nitrogen and oxygen atoms in total. The van der Waals surface area contributed by atoms with Gasteiger partial charge in [0.1, 0.15) is 11.6 Å². The fraction of sp³-hybridized carbons (Fsp3) is 0.722. The minimum atomic E-state index is -0.816. The quantitative estimate of drug-likeness (QED) is 0.495. The lowest BCUT2D eigenvalue weighted by Crippen LogP contribution is -2.27. The lowest BCUT2D eigenvalue weighted by Gasteiger charge is -2.29. The van der Waals surface area contributed by atoms with Gasteiger partial charge in [-0.15, -0.1) is 0 Å². The maximum atomic E-state index is 14.0. The van der Waals surface area contributed by atoms with Crippen LogP contribution in [0.4, 0.5) is 4.39 Å². The Morgan fingerprint density at radius 3 is 2.10 bits per heavy atom. The third-order valence-electron chi connectivity index (χ3n) is 4.89. The van der Waals surface area contributed by atoms with Crippen molar-refractivity contribution in [3.63, 3.8) is 0 Å². The van der Waals surface area contributed by atoms with E-state index in [1.54, 1.807) is 0 Å². The van der Waals surface area contributed by atoms with Crippen molar-refractivity contribution >= 4 is 11.8 Å². The molecule has 0 N–H and O–H groups in total. The first-order valence-electron chi connectivity index (χ1n) is 8.22. The van der Waals surface area contributed by atoms with Crippen LogP contribution in [0.15, 0.2) is 24.3 Å². The summed E-state index contributed by atoms with van der Waals surface area (Å²) >= 11 is 1.11. The molecule has 3 unspecified atom stereocenters. The first-order chi connectivity index (χ1) is 10.2. The molecule has 116 valence electrons. The molecule has 0 aliphatic heterocycles. The van der Waals surface area contributed by atoms with E-state index in [4.69, 9.17) is 5.26 Å². The van der Waals surface area contributed by atoms with Gasteiger partial charge in [0.05, 0.1) is 5.25 Å². The van der Waals surface area contributed by atoms with Gasteiger partial charge in [-0.1, -0.05) is 24.3 Å². The number of thiocyanates is 1. The summed E-state index contributed by atoms with van der Waals surface area (Å²) in [4.78, 5) is 0. The Hall–Kier alpha value is -0.750. The Morgan fingerprint density at radius 1 is 0.952 bits per heavy atom. The lowest BCUT2D eigenvalue weighted by atomic mass is 9.80. The molecule has 2 aliphatic rings. The Morgan fingerprint density at radius 2 is 1.52 bits per heavy atom. The molecule has 0 aromatic rings. The van der Waals surface area contributed by atoms with E-state index < -0.39 is 6.17 Å². The molecule has 0 radical (unpaired) electrons. The van der Waals surface area contributed by atoms with Gasteiger partial charge in [-0.2, -0.15) is 5.26 Å². The van der Waals surface area contributed by atoms with Gasteiger partial charge in [0, 0.05) is 0 Å². The van der Waals surface area contributed by atoms with Gasteiger partial charge in [-0.3, -0.25) is 0 Å². The molecule has 0 heterocycles. The van der Waals surface area contributed by atoms with Crippen LogP contribution >= 0.6 is 11.8 Å². The fourth-order valence-corrected chi connectivity index (χ4v) is 4.26. The van der Waals surface area contributed by atoms with E-state index in [2.05, 4.69) is 31.2 Å². The van der Waals surface area contributed by atoms with Gasteiger partial charge in [0.25, 0.3) is 0 Å². The van der Waals surface area contributed by atoms with Crippen LogP contribution in [0.25, 0.3) is 0 Å². The summed E-state index contributed by atoms with van der Waals surface area (Å²) in [6.07, 6.45) is 15.9. The third-order valence-corrected chi connectivity index (χ3v) is 5.83. The highest BCUT2D eigenvalue weighted by atomic mass is 32.2. The molecule has 0 aromatic carbocycles. The molecule has 2 saturated carbocycles. The Labute approximate surface area is 132 Å². The number of thioether (sulfide) groups is 1. The summed E-state index contributed by atoms with van der Waals surface area (Å²) in [7, 11) is 0. The monoisotopic (exact) mass is 307 g/mol. The van der Waals surface area contributed by atoms with Crippen LogP contribution in [0.2, 0.25) is 0 Å². The Bertz CT molecular complexity index is 404. The van der Waals surface area contributed by atoms with E-state index >= 15 is 0 Å². The standard InChI is InChI=1S/C18H26FNS/c1-2-3-14-4-6-15(7-5-14)8-9-16-10-11-18(21-13-20)17(19)12-16/h2-3,8-9,14-18H,4-7,10-12H2,1H3/b3-2+,9-8?. The zero-order valence-corrected chi connectivity index (χ0v) is 13.7. The van der Waals surface area contributed by atoms with Crippen molar-refractivity contribution in [2.75, 3.05) is 0 Å². The minimum Gasteiger partial charge on any atom is -0.246 e. The second-order valence-corrected chi connectivity index (χ2v) is 7.45. The highest BCUT2D eigenvalue weighted by molar-refractivity contribution is 8.04. The molecule has 3 heteroatoms. The number of halogens is 1. The van der Waals surface area contributed by atoms with E-state index in [0.717, 1.165) is 30.5 Å². The molecule has 0 bridgehead atoms. The number of allylic oxidation sites excluding steroid dienone is 4. The molecule has 2 rings (SSSR count). The fourth-order valence-electron chi connectivity index (χ4n) is 3.61. The minimum absolute atomic E-state index is 0.101. The summed E-state index contributed by atoms with van der Waals surface area (Å²) in [5, 5.41) is 10.6. The first-order valence-corrected chi connectivity index (χ1v) is 9.10. The predicted molar refractivity (Wildman–Crippen MR) is 88.6 cm³/mol. The van der Waals surface area contributed by atoms with Crippen LogP contribution in [-0.2, 0) is 0 Å². The van der Waals surface area contributed by atoms with Crippen molar-refractivity contribution in [1.82, 2.24) is 0 Å². The van der Waals surface area contributed by atoms with Gasteiger partial charge >= 0.3 is 0 Å². The summed E-state index contributed by atoms with van der Waals surface area (Å²) in [6, 6.07) is 0. The number of alkyl halides is 1. The van der Waals surface area contributed by atoms with E-state index in [1.807, 2.05) is 5.40 Å². The summed E-state index contributed by atoms with van der Waals surface area (Å²) < 4.78 is 14.0. The van der Waals surface area contributed by atoms with E-state index in [9.17, 15) is 4.39 Å². The first kappa shape index (κ1) is 16.6. The largest absolute Gasteiger partial charge is 0.246 e. The van der Waals surface area contributed by atoms with Crippen molar-refractivity contribution in [1.29, 1.82) is 5.26 Å². The van der Waals surface area contributed by atoms with E-state index in [-0.39, 0.29) is 5.25 Å². The number of nitriles is 1. The molecule has 0 aromatic heterocycles. The zero-order chi connectivity index (χ0) is 15.1. The topological polar surface area (TPSA) is 23.8 Å². The predicted octanol–water partition coefficient (Wildman–Crippen LogP) is 5.65. The molecule has 2 aliphatic carbocycles. The molecular formula is C18H26FNS. The average molecular weight is 307 g/mol. The van der Waals surface area contributed by atoms with Crippen LogP contribution in [0.3, 0.4) is 0 Å². The highest BCUT2D eigenvalue weighted by Gasteiger charge is 2.30. The summed E-state index contributed by atoms with van der Waals surface area (Å²) in [5.41, 5.74) is 0. The summed E-state index contributed by atoms with van der Waals surface area (Å²) in [5.74, 6) is 1.84. The second kappa shape index (κ2) is 8.63. The highest BCUT2D eigenvalue weighted by Crippen LogP contribution is 2.36. The van der Waals surface area contributed by atoms with Crippen molar-refractivity contribution < 1.29 is 4.39 Å². The van der Waals surface area contributed by atoms with Crippen molar-refractivity contribution in [3.8, 4) is 5.40 Å². The average Bonchev–Trinajstić information content (AvgIpc) is 2.49.